The molecule has 1 saturated carbocycles. The highest BCUT2D eigenvalue weighted by atomic mass is 32.2. The number of thioether (sulfide) groups is 1. The zero-order valence-electron chi connectivity index (χ0n) is 8.74. The molecule has 2 nitrogen and oxygen atoms in total. The van der Waals surface area contributed by atoms with Crippen molar-refractivity contribution < 1.29 is 5.11 Å². The summed E-state index contributed by atoms with van der Waals surface area (Å²) in [6.07, 6.45) is 6.13. The number of aliphatic hydroxyl groups excluding tert-OH is 1. The molecule has 1 aliphatic heterocycles. The van der Waals surface area contributed by atoms with Crippen LogP contribution in [0.3, 0.4) is 0 Å². The lowest BCUT2D eigenvalue weighted by atomic mass is 9.61. The van der Waals surface area contributed by atoms with Crippen molar-refractivity contribution in [3.05, 3.63) is 0 Å². The molecule has 0 aromatic rings. The van der Waals surface area contributed by atoms with Crippen molar-refractivity contribution in [1.29, 1.82) is 0 Å². The number of aliphatic hydroxyl groups is 1. The average Bonchev–Trinajstić information content (AvgIpc) is 2.18. The summed E-state index contributed by atoms with van der Waals surface area (Å²) in [7, 11) is 0. The van der Waals surface area contributed by atoms with Gasteiger partial charge in [0.1, 0.15) is 0 Å². The molecule has 2 atom stereocenters. The zero-order valence-corrected chi connectivity index (χ0v) is 9.56. The van der Waals surface area contributed by atoms with Crippen LogP contribution in [-0.4, -0.2) is 29.3 Å². The van der Waals surface area contributed by atoms with Crippen LogP contribution in [0.1, 0.15) is 32.1 Å². The second-order valence-electron chi connectivity index (χ2n) is 4.88. The molecule has 0 aromatic heterocycles. The smallest absolute Gasteiger partial charge is 0.0502 e. The first-order valence-electron chi connectivity index (χ1n) is 5.73. The molecule has 82 valence electrons. The van der Waals surface area contributed by atoms with Gasteiger partial charge in [-0.05, 0) is 43.1 Å². The molecule has 0 aromatic carbocycles. The topological polar surface area (TPSA) is 46.2 Å². The van der Waals surface area contributed by atoms with Crippen molar-refractivity contribution in [2.75, 3.05) is 18.1 Å². The first-order valence-corrected chi connectivity index (χ1v) is 6.88. The van der Waals surface area contributed by atoms with Gasteiger partial charge in [-0.3, -0.25) is 0 Å². The Morgan fingerprint density at radius 1 is 1.43 bits per heavy atom. The Morgan fingerprint density at radius 3 is 2.64 bits per heavy atom. The standard InChI is InChI=1S/C11H21NOS/c12-10(9-3-1-6-14-7-9)11(8-13)4-2-5-11/h9-10,13H,1-8,12H2. The van der Waals surface area contributed by atoms with Gasteiger partial charge in [0, 0.05) is 11.5 Å². The summed E-state index contributed by atoms with van der Waals surface area (Å²) < 4.78 is 0. The zero-order chi connectivity index (χ0) is 10.0. The van der Waals surface area contributed by atoms with E-state index in [9.17, 15) is 5.11 Å². The molecule has 1 heterocycles. The third kappa shape index (κ3) is 1.82. The molecular formula is C11H21NOS. The van der Waals surface area contributed by atoms with Crippen LogP contribution in [-0.2, 0) is 0 Å². The number of rotatable bonds is 3. The summed E-state index contributed by atoms with van der Waals surface area (Å²) in [5.74, 6) is 3.17. The highest BCUT2D eigenvalue weighted by molar-refractivity contribution is 7.99. The lowest BCUT2D eigenvalue weighted by molar-refractivity contribution is 0.00154. The molecule has 0 amide bonds. The normalized spacial score (nSPS) is 33.4. The third-order valence-corrected chi connectivity index (χ3v) is 5.32. The molecule has 2 rings (SSSR count). The summed E-state index contributed by atoms with van der Waals surface area (Å²) in [5.41, 5.74) is 6.43. The average molecular weight is 215 g/mol. The van der Waals surface area contributed by atoms with Gasteiger partial charge in [0.25, 0.3) is 0 Å². The highest BCUT2D eigenvalue weighted by Gasteiger charge is 2.44. The maximum Gasteiger partial charge on any atom is 0.0502 e. The quantitative estimate of drug-likeness (QED) is 0.752. The van der Waals surface area contributed by atoms with Gasteiger partial charge in [0.2, 0.25) is 0 Å². The maximum absolute atomic E-state index is 9.45. The van der Waals surface area contributed by atoms with E-state index in [4.69, 9.17) is 5.73 Å². The molecule has 0 bridgehead atoms. The van der Waals surface area contributed by atoms with Crippen molar-refractivity contribution in [2.45, 2.75) is 38.1 Å². The minimum Gasteiger partial charge on any atom is -0.396 e. The maximum atomic E-state index is 9.45. The molecular weight excluding hydrogens is 194 g/mol. The Morgan fingerprint density at radius 2 is 2.21 bits per heavy atom. The van der Waals surface area contributed by atoms with Gasteiger partial charge in [-0.1, -0.05) is 6.42 Å². The van der Waals surface area contributed by atoms with E-state index in [1.807, 2.05) is 11.8 Å². The Labute approximate surface area is 90.6 Å². The fraction of sp³-hybridized carbons (Fsp3) is 1.00. The van der Waals surface area contributed by atoms with E-state index in [-0.39, 0.29) is 11.5 Å². The van der Waals surface area contributed by atoms with Crippen LogP contribution in [0.4, 0.5) is 0 Å². The lowest BCUT2D eigenvalue weighted by Gasteiger charge is -2.48. The van der Waals surface area contributed by atoms with Gasteiger partial charge < -0.3 is 10.8 Å². The van der Waals surface area contributed by atoms with Crippen molar-refractivity contribution in [1.82, 2.24) is 0 Å². The number of hydrogen-bond donors (Lipinski definition) is 2. The van der Waals surface area contributed by atoms with Crippen LogP contribution in [0.25, 0.3) is 0 Å². The van der Waals surface area contributed by atoms with Crippen LogP contribution in [0.2, 0.25) is 0 Å². The summed E-state index contributed by atoms with van der Waals surface area (Å²) in [6.45, 7) is 0.301. The van der Waals surface area contributed by atoms with Crippen molar-refractivity contribution in [3.8, 4) is 0 Å². The Hall–Kier alpha value is 0.270. The Bertz CT molecular complexity index is 182. The molecule has 0 radical (unpaired) electrons. The summed E-state index contributed by atoms with van der Waals surface area (Å²) in [4.78, 5) is 0. The number of hydrogen-bond acceptors (Lipinski definition) is 3. The highest BCUT2D eigenvalue weighted by Crippen LogP contribution is 2.46. The molecule has 3 heteroatoms. The van der Waals surface area contributed by atoms with Gasteiger partial charge in [0.05, 0.1) is 6.61 Å². The van der Waals surface area contributed by atoms with Crippen LogP contribution < -0.4 is 5.73 Å². The van der Waals surface area contributed by atoms with E-state index in [1.165, 1.54) is 30.8 Å². The molecule has 1 aliphatic carbocycles. The van der Waals surface area contributed by atoms with E-state index < -0.39 is 0 Å². The number of nitrogens with two attached hydrogens (primary N) is 1. The molecule has 2 aliphatic rings. The van der Waals surface area contributed by atoms with Crippen molar-refractivity contribution >= 4 is 11.8 Å². The van der Waals surface area contributed by atoms with Crippen LogP contribution in [0.15, 0.2) is 0 Å². The fourth-order valence-corrected chi connectivity index (χ4v) is 3.99. The Balaban J connectivity index is 1.94. The minimum absolute atomic E-state index is 0.0998. The van der Waals surface area contributed by atoms with Gasteiger partial charge in [-0.25, -0.2) is 0 Å². The molecule has 1 saturated heterocycles. The van der Waals surface area contributed by atoms with Crippen LogP contribution in [0.5, 0.6) is 0 Å². The third-order valence-electron chi connectivity index (χ3n) is 4.07. The summed E-state index contributed by atoms with van der Waals surface area (Å²) >= 11 is 2.03. The predicted molar refractivity (Wildman–Crippen MR) is 61.4 cm³/mol. The second kappa shape index (κ2) is 4.42. The van der Waals surface area contributed by atoms with Crippen molar-refractivity contribution in [3.63, 3.8) is 0 Å². The van der Waals surface area contributed by atoms with E-state index in [2.05, 4.69) is 0 Å². The summed E-state index contributed by atoms with van der Waals surface area (Å²) in [6, 6.07) is 0.244. The molecule has 3 N–H and O–H groups in total. The fourth-order valence-electron chi connectivity index (χ4n) is 2.78. The molecule has 2 unspecified atom stereocenters. The lowest BCUT2D eigenvalue weighted by Crippen LogP contribution is -2.54. The van der Waals surface area contributed by atoms with E-state index in [0.29, 0.717) is 12.5 Å². The molecule has 2 fully saturated rings. The minimum atomic E-state index is 0.0998. The first kappa shape index (κ1) is 10.8. The van der Waals surface area contributed by atoms with Gasteiger partial charge >= 0.3 is 0 Å². The van der Waals surface area contributed by atoms with Crippen molar-refractivity contribution in [2.24, 2.45) is 17.1 Å². The Kier molecular flexibility index (Phi) is 3.40. The first-order chi connectivity index (χ1) is 6.78. The van der Waals surface area contributed by atoms with Gasteiger partial charge in [-0.15, -0.1) is 0 Å². The van der Waals surface area contributed by atoms with E-state index in [0.717, 1.165) is 12.8 Å². The predicted octanol–water partition coefficient (Wildman–Crippen LogP) is 1.62. The summed E-state index contributed by atoms with van der Waals surface area (Å²) in [5, 5.41) is 9.45. The van der Waals surface area contributed by atoms with Gasteiger partial charge in [0.15, 0.2) is 0 Å². The second-order valence-corrected chi connectivity index (χ2v) is 6.03. The van der Waals surface area contributed by atoms with Crippen LogP contribution in [0, 0.1) is 11.3 Å². The van der Waals surface area contributed by atoms with E-state index >= 15 is 0 Å². The molecule has 0 spiro atoms. The molecule has 14 heavy (non-hydrogen) atoms. The van der Waals surface area contributed by atoms with E-state index in [1.54, 1.807) is 0 Å². The SMILES string of the molecule is NC(C1CCCSC1)C1(CO)CCC1. The monoisotopic (exact) mass is 215 g/mol. The van der Waals surface area contributed by atoms with Crippen LogP contribution >= 0.6 is 11.8 Å². The largest absolute Gasteiger partial charge is 0.396 e. The van der Waals surface area contributed by atoms with Gasteiger partial charge in [-0.2, -0.15) is 11.8 Å².